The van der Waals surface area contributed by atoms with Gasteiger partial charge in [0.2, 0.25) is 5.60 Å². The summed E-state index contributed by atoms with van der Waals surface area (Å²) in [5.74, 6) is -3.86. The van der Waals surface area contributed by atoms with Gasteiger partial charge in [-0.3, -0.25) is 9.98 Å². The van der Waals surface area contributed by atoms with Gasteiger partial charge in [-0.25, -0.2) is 9.38 Å². The van der Waals surface area contributed by atoms with Gasteiger partial charge in [0.15, 0.2) is 5.84 Å². The predicted molar refractivity (Wildman–Crippen MR) is 99.4 cm³/mol. The largest absolute Gasteiger partial charge is 0.448 e. The van der Waals surface area contributed by atoms with Crippen LogP contribution in [0.25, 0.3) is 0 Å². The summed E-state index contributed by atoms with van der Waals surface area (Å²) in [5, 5.41) is 3.48. The first-order valence-corrected chi connectivity index (χ1v) is 8.70. The number of amidine groups is 2. The molecule has 1 aromatic carbocycles. The number of hydrogen-bond acceptors (Lipinski definition) is 6. The predicted octanol–water partition coefficient (Wildman–Crippen LogP) is 3.44. The Morgan fingerprint density at radius 2 is 2.04 bits per heavy atom. The molecule has 0 aliphatic carbocycles. The van der Waals surface area contributed by atoms with E-state index < -0.39 is 29.9 Å². The van der Waals surface area contributed by atoms with Gasteiger partial charge in [-0.15, -0.1) is 0 Å². The Morgan fingerprint density at radius 1 is 1.25 bits per heavy atom. The van der Waals surface area contributed by atoms with Gasteiger partial charge in [0, 0.05) is 23.0 Å². The minimum Gasteiger partial charge on any atom is -0.448 e. The molecule has 28 heavy (non-hydrogen) atoms. The summed E-state index contributed by atoms with van der Waals surface area (Å²) in [4.78, 5) is 11.9. The van der Waals surface area contributed by atoms with E-state index >= 15 is 0 Å². The molecule has 0 radical (unpaired) electrons. The van der Waals surface area contributed by atoms with Gasteiger partial charge >= 0.3 is 5.92 Å². The van der Waals surface area contributed by atoms with Crippen LogP contribution < -0.4 is 11.1 Å². The molecule has 0 bridgehead atoms. The minimum absolute atomic E-state index is 0.163. The van der Waals surface area contributed by atoms with Gasteiger partial charge in [-0.05, 0) is 31.2 Å². The monoisotopic (exact) mass is 409 g/mol. The van der Waals surface area contributed by atoms with Crippen LogP contribution >= 0.6 is 11.6 Å². The molecule has 0 saturated heterocycles. The highest BCUT2D eigenvalue weighted by Crippen LogP contribution is 2.45. The van der Waals surface area contributed by atoms with Crippen LogP contribution in [-0.4, -0.2) is 29.3 Å². The number of rotatable bonds is 2. The minimum atomic E-state index is -3.45. The summed E-state index contributed by atoms with van der Waals surface area (Å²) in [6.45, 7) is 0.370. The van der Waals surface area contributed by atoms with Crippen LogP contribution in [0.4, 0.5) is 18.9 Å². The van der Waals surface area contributed by atoms with Crippen molar-refractivity contribution in [3.63, 3.8) is 0 Å². The molecule has 3 N–H and O–H groups in total. The molecule has 10 heteroatoms. The van der Waals surface area contributed by atoms with Gasteiger partial charge < -0.3 is 15.8 Å². The second-order valence-electron chi connectivity index (χ2n) is 6.63. The van der Waals surface area contributed by atoms with E-state index in [0.29, 0.717) is 27.8 Å². The number of halogens is 4. The Labute approximate surface area is 163 Å². The molecule has 0 unspecified atom stereocenters. The van der Waals surface area contributed by atoms with E-state index in [1.807, 2.05) is 0 Å². The van der Waals surface area contributed by atoms with Crippen molar-refractivity contribution in [2.45, 2.75) is 25.0 Å². The van der Waals surface area contributed by atoms with Gasteiger partial charge in [0.05, 0.1) is 11.6 Å². The number of nitrogens with one attached hydrogen (secondary N) is 1. The van der Waals surface area contributed by atoms with E-state index in [-0.39, 0.29) is 12.1 Å². The number of anilines is 1. The number of benzene rings is 1. The van der Waals surface area contributed by atoms with Crippen molar-refractivity contribution in [2.75, 3.05) is 11.9 Å². The van der Waals surface area contributed by atoms with Gasteiger partial charge in [0.25, 0.3) is 6.02 Å². The molecule has 1 atom stereocenters. The Balaban J connectivity index is 1.74. The molecule has 0 spiro atoms. The first-order valence-electron chi connectivity index (χ1n) is 8.33. The van der Waals surface area contributed by atoms with E-state index in [2.05, 4.69) is 20.3 Å². The molecule has 6 nitrogen and oxygen atoms in total. The lowest BCUT2D eigenvalue weighted by atomic mass is 9.86. The zero-order valence-electron chi connectivity index (χ0n) is 14.6. The van der Waals surface area contributed by atoms with Crippen LogP contribution in [0.5, 0.6) is 0 Å². The summed E-state index contributed by atoms with van der Waals surface area (Å²) in [6, 6.07) is 5.37. The summed E-state index contributed by atoms with van der Waals surface area (Å²) >= 11 is 5.84. The third-order valence-electron chi connectivity index (χ3n) is 4.78. The van der Waals surface area contributed by atoms with Crippen LogP contribution in [0, 0.1) is 5.82 Å². The number of ether oxygens (including phenoxy) is 1. The molecule has 4 rings (SSSR count). The maximum absolute atomic E-state index is 14.7. The molecular weight excluding hydrogens is 395 g/mol. The van der Waals surface area contributed by atoms with E-state index in [4.69, 9.17) is 22.1 Å². The molecule has 0 saturated carbocycles. The Kier molecular flexibility index (Phi) is 4.22. The lowest BCUT2D eigenvalue weighted by molar-refractivity contribution is -0.173. The molecule has 1 aromatic heterocycles. The fourth-order valence-corrected chi connectivity index (χ4v) is 3.23. The van der Waals surface area contributed by atoms with Gasteiger partial charge in [-0.2, -0.15) is 8.78 Å². The molecule has 2 aliphatic heterocycles. The average molecular weight is 410 g/mol. The molecular formula is C18H15ClF3N5O. The second-order valence-corrected chi connectivity index (χ2v) is 7.07. The average Bonchev–Trinajstić information content (AvgIpc) is 2.65. The summed E-state index contributed by atoms with van der Waals surface area (Å²) < 4.78 is 49.0. The van der Waals surface area contributed by atoms with Crippen LogP contribution in [0.3, 0.4) is 0 Å². The lowest BCUT2D eigenvalue weighted by Gasteiger charge is -2.40. The molecule has 0 fully saturated rings. The zero-order valence-corrected chi connectivity index (χ0v) is 15.4. The SMILES string of the molecule is C[C@]1(c2cc3c(cc2F)CN=C(c2ccc(Cl)cn2)N3)OC(N)=NCC1(F)F. The second kappa shape index (κ2) is 6.37. The van der Waals surface area contributed by atoms with Crippen LogP contribution in [0.2, 0.25) is 5.02 Å². The number of nitrogens with two attached hydrogens (primary N) is 1. The number of nitrogens with zero attached hydrogens (tertiary/aromatic N) is 3. The summed E-state index contributed by atoms with van der Waals surface area (Å²) in [6.07, 6.45) is 1.46. The van der Waals surface area contributed by atoms with E-state index in [1.54, 1.807) is 12.1 Å². The first-order chi connectivity index (χ1) is 13.2. The Bertz CT molecular complexity index is 1010. The molecule has 2 aromatic rings. The van der Waals surface area contributed by atoms with E-state index in [9.17, 15) is 13.2 Å². The number of aromatic nitrogens is 1. The number of fused-ring (bicyclic) bond motifs is 1. The van der Waals surface area contributed by atoms with Crippen LogP contribution in [-0.2, 0) is 16.9 Å². The number of hydrogen-bond donors (Lipinski definition) is 2. The van der Waals surface area contributed by atoms with Crippen molar-refractivity contribution in [1.82, 2.24) is 4.98 Å². The van der Waals surface area contributed by atoms with E-state index in [0.717, 1.165) is 6.92 Å². The number of alkyl halides is 2. The number of pyridine rings is 1. The highest BCUT2D eigenvalue weighted by Gasteiger charge is 2.57. The maximum atomic E-state index is 14.7. The Hall–Kier alpha value is -2.81. The summed E-state index contributed by atoms with van der Waals surface area (Å²) in [5.41, 5.74) is 4.32. The lowest BCUT2D eigenvalue weighted by Crippen LogP contribution is -2.53. The fourth-order valence-electron chi connectivity index (χ4n) is 3.12. The third-order valence-corrected chi connectivity index (χ3v) is 5.00. The molecule has 2 aliphatic rings. The van der Waals surface area contributed by atoms with Crippen molar-refractivity contribution < 1.29 is 17.9 Å². The third kappa shape index (κ3) is 2.95. The van der Waals surface area contributed by atoms with E-state index in [1.165, 1.54) is 18.3 Å². The topological polar surface area (TPSA) is 84.9 Å². The maximum Gasteiger partial charge on any atom is 0.310 e. The van der Waals surface area contributed by atoms with Crippen molar-refractivity contribution in [2.24, 2.45) is 15.7 Å². The standard InChI is InChI=1S/C18H15ClF3N5O/c1-17(18(21,22)8-26-16(23)28-17)11-5-14-9(4-12(11)20)6-25-15(27-14)13-3-2-10(19)7-24-13/h2-5,7H,6,8H2,1H3,(H2,23,26)(H,25,27)/t17-/m1/s1. The molecule has 146 valence electrons. The van der Waals surface area contributed by atoms with Crippen molar-refractivity contribution in [1.29, 1.82) is 0 Å². The molecule has 0 amide bonds. The van der Waals surface area contributed by atoms with Crippen molar-refractivity contribution >= 4 is 29.1 Å². The smallest absolute Gasteiger partial charge is 0.310 e. The Morgan fingerprint density at radius 3 is 2.75 bits per heavy atom. The van der Waals surface area contributed by atoms with Crippen molar-refractivity contribution in [3.8, 4) is 0 Å². The van der Waals surface area contributed by atoms with Crippen molar-refractivity contribution in [3.05, 3.63) is 58.1 Å². The number of aliphatic imine (C=N–C) groups is 2. The fraction of sp³-hybridized carbons (Fsp3) is 0.278. The summed E-state index contributed by atoms with van der Waals surface area (Å²) in [7, 11) is 0. The quantitative estimate of drug-likeness (QED) is 0.795. The highest BCUT2D eigenvalue weighted by atomic mass is 35.5. The first kappa shape index (κ1) is 18.5. The highest BCUT2D eigenvalue weighted by molar-refractivity contribution is 6.30. The van der Waals surface area contributed by atoms with Gasteiger partial charge in [0.1, 0.15) is 18.1 Å². The zero-order chi connectivity index (χ0) is 20.1. The normalized spacial score (nSPS) is 23.0. The molecule has 3 heterocycles. The van der Waals surface area contributed by atoms with Crippen LogP contribution in [0.1, 0.15) is 23.7 Å². The van der Waals surface area contributed by atoms with Gasteiger partial charge in [-0.1, -0.05) is 11.6 Å². The van der Waals surface area contributed by atoms with Crippen LogP contribution in [0.15, 0.2) is 40.4 Å².